The zero-order chi connectivity index (χ0) is 20.1. The highest BCUT2D eigenvalue weighted by atomic mass is 32.2. The van der Waals surface area contributed by atoms with Gasteiger partial charge in [-0.05, 0) is 48.6 Å². The third-order valence-corrected chi connectivity index (χ3v) is 6.78. The normalized spacial score (nSPS) is 14.9. The maximum absolute atomic E-state index is 12.8. The van der Waals surface area contributed by atoms with Crippen LogP contribution in [0.4, 0.5) is 0 Å². The SMILES string of the molecule is CCc1ccc(CN(C)C(=O)c2cccc(S(=O)(=O)NC3CCCC3)c2)cc1. The molecule has 0 radical (unpaired) electrons. The number of sulfonamides is 1. The highest BCUT2D eigenvalue weighted by Gasteiger charge is 2.24. The van der Waals surface area contributed by atoms with Gasteiger partial charge in [0.2, 0.25) is 10.0 Å². The maximum Gasteiger partial charge on any atom is 0.253 e. The largest absolute Gasteiger partial charge is 0.337 e. The van der Waals surface area contributed by atoms with Crippen molar-refractivity contribution in [2.45, 2.75) is 56.5 Å². The van der Waals surface area contributed by atoms with Crippen LogP contribution in [0, 0.1) is 0 Å². The van der Waals surface area contributed by atoms with E-state index in [9.17, 15) is 13.2 Å². The van der Waals surface area contributed by atoms with Crippen molar-refractivity contribution >= 4 is 15.9 Å². The highest BCUT2D eigenvalue weighted by molar-refractivity contribution is 7.89. The van der Waals surface area contributed by atoms with Gasteiger partial charge in [0.05, 0.1) is 4.90 Å². The lowest BCUT2D eigenvalue weighted by Crippen LogP contribution is -2.33. The highest BCUT2D eigenvalue weighted by Crippen LogP contribution is 2.21. The fraction of sp³-hybridized carbons (Fsp3) is 0.409. The maximum atomic E-state index is 12.8. The zero-order valence-electron chi connectivity index (χ0n) is 16.5. The van der Waals surface area contributed by atoms with Gasteiger partial charge in [-0.2, -0.15) is 0 Å². The summed E-state index contributed by atoms with van der Waals surface area (Å²) in [7, 11) is -1.88. The molecule has 1 N–H and O–H groups in total. The van der Waals surface area contributed by atoms with Gasteiger partial charge in [-0.15, -0.1) is 0 Å². The Morgan fingerprint density at radius 3 is 2.36 bits per heavy atom. The van der Waals surface area contributed by atoms with Crippen molar-refractivity contribution < 1.29 is 13.2 Å². The molecule has 0 saturated heterocycles. The number of carbonyl (C=O) groups excluding carboxylic acids is 1. The Labute approximate surface area is 167 Å². The first-order valence-electron chi connectivity index (χ1n) is 9.84. The predicted molar refractivity (Wildman–Crippen MR) is 111 cm³/mol. The van der Waals surface area contributed by atoms with E-state index in [0.29, 0.717) is 12.1 Å². The summed E-state index contributed by atoms with van der Waals surface area (Å²) >= 11 is 0. The van der Waals surface area contributed by atoms with Gasteiger partial charge in [0.25, 0.3) is 5.91 Å². The van der Waals surface area contributed by atoms with E-state index in [1.165, 1.54) is 17.7 Å². The first-order valence-corrected chi connectivity index (χ1v) is 11.3. The van der Waals surface area contributed by atoms with Crippen molar-refractivity contribution in [2.75, 3.05) is 7.05 Å². The molecule has 0 atom stereocenters. The number of aryl methyl sites for hydroxylation is 1. The molecule has 3 rings (SSSR count). The van der Waals surface area contributed by atoms with E-state index in [2.05, 4.69) is 23.8 Å². The molecule has 0 aliphatic heterocycles. The summed E-state index contributed by atoms with van der Waals surface area (Å²) in [6.45, 7) is 2.58. The summed E-state index contributed by atoms with van der Waals surface area (Å²) in [6.07, 6.45) is 4.82. The Kier molecular flexibility index (Phi) is 6.52. The minimum atomic E-state index is -3.61. The fourth-order valence-corrected chi connectivity index (χ4v) is 4.92. The molecule has 6 heteroatoms. The molecule has 0 spiro atoms. The van der Waals surface area contributed by atoms with Crippen LogP contribution in [0.5, 0.6) is 0 Å². The summed E-state index contributed by atoms with van der Waals surface area (Å²) in [5, 5.41) is 0. The molecule has 0 bridgehead atoms. The van der Waals surface area contributed by atoms with E-state index in [-0.39, 0.29) is 16.8 Å². The van der Waals surface area contributed by atoms with Gasteiger partial charge in [0.1, 0.15) is 0 Å². The van der Waals surface area contributed by atoms with Gasteiger partial charge in [-0.3, -0.25) is 4.79 Å². The number of carbonyl (C=O) groups is 1. The number of amides is 1. The van der Waals surface area contributed by atoms with E-state index in [1.54, 1.807) is 24.1 Å². The third kappa shape index (κ3) is 5.00. The van der Waals surface area contributed by atoms with Crippen LogP contribution in [0.1, 0.15) is 54.1 Å². The van der Waals surface area contributed by atoms with Crippen LogP contribution in [-0.4, -0.2) is 32.3 Å². The first-order chi connectivity index (χ1) is 13.4. The molecule has 1 aliphatic carbocycles. The Hall–Kier alpha value is -2.18. The molecule has 2 aromatic carbocycles. The van der Waals surface area contributed by atoms with Gasteiger partial charge >= 0.3 is 0 Å². The molecular weight excluding hydrogens is 372 g/mol. The van der Waals surface area contributed by atoms with Crippen LogP contribution >= 0.6 is 0 Å². The molecule has 5 nitrogen and oxygen atoms in total. The summed E-state index contributed by atoms with van der Waals surface area (Å²) in [6, 6.07) is 14.5. The summed E-state index contributed by atoms with van der Waals surface area (Å²) in [5.74, 6) is -0.197. The van der Waals surface area contributed by atoms with E-state index < -0.39 is 10.0 Å². The molecule has 0 unspecified atom stereocenters. The minimum Gasteiger partial charge on any atom is -0.337 e. The van der Waals surface area contributed by atoms with E-state index >= 15 is 0 Å². The zero-order valence-corrected chi connectivity index (χ0v) is 17.3. The summed E-state index contributed by atoms with van der Waals surface area (Å²) in [5.41, 5.74) is 2.67. The average molecular weight is 401 g/mol. The van der Waals surface area contributed by atoms with Crippen molar-refractivity contribution in [1.29, 1.82) is 0 Å². The quantitative estimate of drug-likeness (QED) is 0.770. The van der Waals surface area contributed by atoms with Gasteiger partial charge in [-0.25, -0.2) is 13.1 Å². The van der Waals surface area contributed by atoms with Gasteiger partial charge in [0.15, 0.2) is 0 Å². The molecule has 2 aromatic rings. The Morgan fingerprint density at radius 1 is 1.07 bits per heavy atom. The molecule has 1 aliphatic rings. The first kappa shape index (κ1) is 20.6. The molecule has 1 fully saturated rings. The van der Waals surface area contributed by atoms with Crippen LogP contribution in [0.2, 0.25) is 0 Å². The van der Waals surface area contributed by atoms with Crippen molar-refractivity contribution in [3.8, 4) is 0 Å². The smallest absolute Gasteiger partial charge is 0.253 e. The van der Waals surface area contributed by atoms with Gasteiger partial charge < -0.3 is 4.90 Å². The van der Waals surface area contributed by atoms with Gasteiger partial charge in [0, 0.05) is 25.2 Å². The number of rotatable bonds is 7. The second-order valence-electron chi connectivity index (χ2n) is 7.46. The lowest BCUT2D eigenvalue weighted by atomic mass is 10.1. The number of benzene rings is 2. The molecule has 28 heavy (non-hydrogen) atoms. The van der Waals surface area contributed by atoms with Crippen molar-refractivity contribution in [3.63, 3.8) is 0 Å². The summed E-state index contributed by atoms with van der Waals surface area (Å²) in [4.78, 5) is 14.6. The van der Waals surface area contributed by atoms with Crippen LogP contribution in [0.15, 0.2) is 53.4 Å². The Bertz CT molecular complexity index is 917. The molecule has 150 valence electrons. The van der Waals surface area contributed by atoms with Crippen LogP contribution in [-0.2, 0) is 23.0 Å². The number of nitrogens with one attached hydrogen (secondary N) is 1. The lowest BCUT2D eigenvalue weighted by molar-refractivity contribution is 0.0785. The second kappa shape index (κ2) is 8.88. The van der Waals surface area contributed by atoms with Crippen molar-refractivity contribution in [3.05, 3.63) is 65.2 Å². The van der Waals surface area contributed by atoms with E-state index in [0.717, 1.165) is 37.7 Å². The fourth-order valence-electron chi connectivity index (χ4n) is 3.57. The number of hydrogen-bond acceptors (Lipinski definition) is 3. The molecular formula is C22H28N2O3S. The van der Waals surface area contributed by atoms with Crippen molar-refractivity contribution in [1.82, 2.24) is 9.62 Å². The molecule has 0 heterocycles. The minimum absolute atomic E-state index is 0.00174. The standard InChI is InChI=1S/C22H28N2O3S/c1-3-17-11-13-18(14-12-17)16-24(2)22(25)19-7-6-10-21(15-19)28(26,27)23-20-8-4-5-9-20/h6-7,10-15,20,23H,3-5,8-9,16H2,1-2H3. The Morgan fingerprint density at radius 2 is 1.71 bits per heavy atom. The van der Waals surface area contributed by atoms with Crippen LogP contribution in [0.25, 0.3) is 0 Å². The Balaban J connectivity index is 1.71. The second-order valence-corrected chi connectivity index (χ2v) is 9.18. The van der Waals surface area contributed by atoms with Crippen molar-refractivity contribution in [2.24, 2.45) is 0 Å². The number of hydrogen-bond donors (Lipinski definition) is 1. The predicted octanol–water partition coefficient (Wildman–Crippen LogP) is 3.74. The van der Waals surface area contributed by atoms with E-state index in [1.807, 2.05) is 12.1 Å². The molecule has 1 amide bonds. The molecule has 0 aromatic heterocycles. The topological polar surface area (TPSA) is 66.5 Å². The van der Waals surface area contributed by atoms with Gasteiger partial charge in [-0.1, -0.05) is 50.1 Å². The summed E-state index contributed by atoms with van der Waals surface area (Å²) < 4.78 is 28.1. The average Bonchev–Trinajstić information content (AvgIpc) is 3.20. The van der Waals surface area contributed by atoms with Crippen LogP contribution in [0.3, 0.4) is 0 Å². The molecule has 1 saturated carbocycles. The van der Waals surface area contributed by atoms with E-state index in [4.69, 9.17) is 0 Å². The van der Waals surface area contributed by atoms with Crippen LogP contribution < -0.4 is 4.72 Å². The number of nitrogens with zero attached hydrogens (tertiary/aromatic N) is 1. The third-order valence-electron chi connectivity index (χ3n) is 5.27. The monoisotopic (exact) mass is 400 g/mol. The lowest BCUT2D eigenvalue weighted by Gasteiger charge is -2.18.